The smallest absolute Gasteiger partial charge is 0.0962 e. The maximum Gasteiger partial charge on any atom is 0.0962 e. The molecule has 23 heavy (non-hydrogen) atoms. The van der Waals surface area contributed by atoms with Crippen molar-refractivity contribution in [2.24, 2.45) is 0 Å². The molecular weight excluding hydrogens is 298 g/mol. The Morgan fingerprint density at radius 1 is 0.739 bits per heavy atom. The van der Waals surface area contributed by atoms with Crippen LogP contribution in [0.1, 0.15) is 48.1 Å². The van der Waals surface area contributed by atoms with Crippen molar-refractivity contribution in [3.8, 4) is 10.4 Å². The zero-order valence-electron chi connectivity index (χ0n) is 13.2. The molecule has 1 fully saturated rings. The standard InChI is InChI=1S/C21H21NS/c1-3-7-16(8-4-1)17-11-13-19(14-12-17)21-22-15-20(23-21)18-9-5-2-6-10-18/h1-10,15,17,19H,11-14H2. The van der Waals surface area contributed by atoms with Gasteiger partial charge >= 0.3 is 0 Å². The zero-order chi connectivity index (χ0) is 15.5. The van der Waals surface area contributed by atoms with Gasteiger partial charge in [0.15, 0.2) is 0 Å². The minimum atomic E-state index is 0.650. The molecule has 1 aromatic heterocycles. The molecule has 0 saturated heterocycles. The van der Waals surface area contributed by atoms with Crippen LogP contribution in [0.2, 0.25) is 0 Å². The van der Waals surface area contributed by atoms with E-state index in [4.69, 9.17) is 4.98 Å². The van der Waals surface area contributed by atoms with E-state index in [2.05, 4.69) is 66.9 Å². The van der Waals surface area contributed by atoms with Crippen LogP contribution in [0.15, 0.2) is 66.9 Å². The van der Waals surface area contributed by atoms with Gasteiger partial charge < -0.3 is 0 Å². The van der Waals surface area contributed by atoms with Crippen LogP contribution in [-0.2, 0) is 0 Å². The first-order valence-corrected chi connectivity index (χ1v) is 9.28. The average Bonchev–Trinajstić information content (AvgIpc) is 3.14. The van der Waals surface area contributed by atoms with Gasteiger partial charge in [-0.05, 0) is 42.7 Å². The summed E-state index contributed by atoms with van der Waals surface area (Å²) in [4.78, 5) is 6.03. The third kappa shape index (κ3) is 3.23. The molecule has 1 heterocycles. The SMILES string of the molecule is c1ccc(-c2cnc(C3CCC(c4ccccc4)CC3)s2)cc1. The number of rotatable bonds is 3. The highest BCUT2D eigenvalue weighted by molar-refractivity contribution is 7.15. The van der Waals surface area contributed by atoms with Crippen LogP contribution < -0.4 is 0 Å². The lowest BCUT2D eigenvalue weighted by molar-refractivity contribution is 0.395. The van der Waals surface area contributed by atoms with Gasteiger partial charge in [-0.25, -0.2) is 4.98 Å². The Kier molecular flexibility index (Phi) is 4.25. The first-order chi connectivity index (χ1) is 11.4. The molecule has 0 N–H and O–H groups in total. The fourth-order valence-electron chi connectivity index (χ4n) is 3.61. The summed E-state index contributed by atoms with van der Waals surface area (Å²) in [5.74, 6) is 1.39. The molecule has 2 aromatic carbocycles. The minimum absolute atomic E-state index is 0.650. The fourth-order valence-corrected chi connectivity index (χ4v) is 4.70. The van der Waals surface area contributed by atoms with Gasteiger partial charge in [0.1, 0.15) is 0 Å². The quantitative estimate of drug-likeness (QED) is 0.556. The van der Waals surface area contributed by atoms with Crippen molar-refractivity contribution in [1.29, 1.82) is 0 Å². The summed E-state index contributed by atoms with van der Waals surface area (Å²) >= 11 is 1.88. The van der Waals surface area contributed by atoms with Crippen LogP contribution in [0.25, 0.3) is 10.4 Å². The maximum atomic E-state index is 4.73. The van der Waals surface area contributed by atoms with E-state index >= 15 is 0 Å². The first kappa shape index (κ1) is 14.6. The lowest BCUT2D eigenvalue weighted by atomic mass is 9.79. The van der Waals surface area contributed by atoms with E-state index in [1.807, 2.05) is 11.3 Å². The van der Waals surface area contributed by atoms with Gasteiger partial charge in [0.05, 0.1) is 9.88 Å². The molecule has 0 bridgehead atoms. The monoisotopic (exact) mass is 319 g/mol. The zero-order valence-corrected chi connectivity index (χ0v) is 14.0. The summed E-state index contributed by atoms with van der Waals surface area (Å²) in [6, 6.07) is 21.6. The summed E-state index contributed by atoms with van der Waals surface area (Å²) in [6.45, 7) is 0. The van der Waals surface area contributed by atoms with Crippen molar-refractivity contribution in [2.75, 3.05) is 0 Å². The van der Waals surface area contributed by atoms with E-state index in [0.717, 1.165) is 5.92 Å². The van der Waals surface area contributed by atoms with Crippen molar-refractivity contribution < 1.29 is 0 Å². The van der Waals surface area contributed by atoms with Gasteiger partial charge in [-0.1, -0.05) is 60.7 Å². The minimum Gasteiger partial charge on any atom is -0.249 e. The predicted molar refractivity (Wildman–Crippen MR) is 97.9 cm³/mol. The first-order valence-electron chi connectivity index (χ1n) is 8.46. The second-order valence-electron chi connectivity index (χ2n) is 6.39. The van der Waals surface area contributed by atoms with Gasteiger partial charge in [0.2, 0.25) is 0 Å². The largest absolute Gasteiger partial charge is 0.249 e. The molecule has 3 aromatic rings. The summed E-state index contributed by atoms with van der Waals surface area (Å²) in [5.41, 5.74) is 2.80. The number of benzene rings is 2. The lowest BCUT2D eigenvalue weighted by Gasteiger charge is -2.27. The van der Waals surface area contributed by atoms with E-state index in [0.29, 0.717) is 5.92 Å². The lowest BCUT2D eigenvalue weighted by Crippen LogP contribution is -2.11. The Morgan fingerprint density at radius 2 is 1.35 bits per heavy atom. The van der Waals surface area contributed by atoms with Crippen LogP contribution in [-0.4, -0.2) is 4.98 Å². The highest BCUT2D eigenvalue weighted by atomic mass is 32.1. The number of thiazole rings is 1. The van der Waals surface area contributed by atoms with Crippen molar-refractivity contribution in [1.82, 2.24) is 4.98 Å². The van der Waals surface area contributed by atoms with Crippen LogP contribution in [0.3, 0.4) is 0 Å². The van der Waals surface area contributed by atoms with Crippen molar-refractivity contribution in [3.63, 3.8) is 0 Å². The van der Waals surface area contributed by atoms with Crippen LogP contribution >= 0.6 is 11.3 Å². The van der Waals surface area contributed by atoms with E-state index in [-0.39, 0.29) is 0 Å². The second-order valence-corrected chi connectivity index (χ2v) is 7.45. The fraction of sp³-hybridized carbons (Fsp3) is 0.286. The summed E-state index contributed by atoms with van der Waals surface area (Å²) in [5, 5.41) is 1.33. The Bertz CT molecular complexity index is 740. The Morgan fingerprint density at radius 3 is 2.04 bits per heavy atom. The van der Waals surface area contributed by atoms with Gasteiger partial charge in [-0.3, -0.25) is 0 Å². The van der Waals surface area contributed by atoms with Gasteiger partial charge in [0, 0.05) is 12.1 Å². The molecular formula is C21H21NS. The van der Waals surface area contributed by atoms with Gasteiger partial charge in [-0.2, -0.15) is 0 Å². The second kappa shape index (κ2) is 6.67. The molecule has 4 rings (SSSR count). The van der Waals surface area contributed by atoms with E-state index in [1.165, 1.54) is 46.7 Å². The van der Waals surface area contributed by atoms with Crippen LogP contribution in [0, 0.1) is 0 Å². The molecule has 2 heteroatoms. The molecule has 1 saturated carbocycles. The molecule has 0 radical (unpaired) electrons. The molecule has 1 aliphatic rings. The van der Waals surface area contributed by atoms with E-state index in [1.54, 1.807) is 0 Å². The van der Waals surface area contributed by atoms with E-state index < -0.39 is 0 Å². The molecule has 1 nitrogen and oxygen atoms in total. The average molecular weight is 319 g/mol. The highest BCUT2D eigenvalue weighted by Crippen LogP contribution is 2.42. The van der Waals surface area contributed by atoms with E-state index in [9.17, 15) is 0 Å². The summed E-state index contributed by atoms with van der Waals surface area (Å²) in [7, 11) is 0. The number of aromatic nitrogens is 1. The highest BCUT2D eigenvalue weighted by Gasteiger charge is 2.25. The molecule has 1 aliphatic carbocycles. The van der Waals surface area contributed by atoms with Crippen molar-refractivity contribution >= 4 is 11.3 Å². The Labute approximate surface area is 142 Å². The topological polar surface area (TPSA) is 12.9 Å². The van der Waals surface area contributed by atoms with Crippen LogP contribution in [0.5, 0.6) is 0 Å². The third-order valence-corrected chi connectivity index (χ3v) is 6.14. The molecule has 116 valence electrons. The normalized spacial score (nSPS) is 21.2. The van der Waals surface area contributed by atoms with Crippen molar-refractivity contribution in [2.45, 2.75) is 37.5 Å². The molecule has 0 atom stereocenters. The number of hydrogen-bond acceptors (Lipinski definition) is 2. The summed E-state index contributed by atoms with van der Waals surface area (Å²) in [6.07, 6.45) is 7.16. The Hall–Kier alpha value is -1.93. The molecule has 0 unspecified atom stereocenters. The molecule has 0 aliphatic heterocycles. The Balaban J connectivity index is 1.44. The molecule has 0 spiro atoms. The molecule has 0 amide bonds. The third-order valence-electron chi connectivity index (χ3n) is 4.93. The van der Waals surface area contributed by atoms with Gasteiger partial charge in [-0.15, -0.1) is 11.3 Å². The number of nitrogens with zero attached hydrogens (tertiary/aromatic N) is 1. The van der Waals surface area contributed by atoms with Crippen LogP contribution in [0.4, 0.5) is 0 Å². The predicted octanol–water partition coefficient (Wildman–Crippen LogP) is 6.25. The maximum absolute atomic E-state index is 4.73. The number of hydrogen-bond donors (Lipinski definition) is 0. The van der Waals surface area contributed by atoms with Gasteiger partial charge in [0.25, 0.3) is 0 Å². The van der Waals surface area contributed by atoms with Crippen molar-refractivity contribution in [3.05, 3.63) is 77.4 Å². The summed E-state index contributed by atoms with van der Waals surface area (Å²) < 4.78 is 0.